The van der Waals surface area contributed by atoms with Gasteiger partial charge in [0.05, 0.1) is 5.69 Å². The van der Waals surface area contributed by atoms with E-state index >= 15 is 0 Å². The summed E-state index contributed by atoms with van der Waals surface area (Å²) in [5.41, 5.74) is 6.85. The smallest absolute Gasteiger partial charge is 0.341 e. The molecule has 0 unspecified atom stereocenters. The standard InChI is InChI=1S/C19H20FN3O3/c1-2-9-5-12(19(25)26)18(24)22-17(9)11-4-3-10(6-15(11)20)23-7-13-14(8-23)16(13)21/h3-6,13-14,16H,2,7-8,21H2,1H3,(H,22,24)(H,25,26)/t13-,14+,16+. The first-order chi connectivity index (χ1) is 12.4. The van der Waals surface area contributed by atoms with Crippen LogP contribution in [0.1, 0.15) is 22.8 Å². The van der Waals surface area contributed by atoms with Gasteiger partial charge in [0.1, 0.15) is 11.4 Å². The van der Waals surface area contributed by atoms with Crippen LogP contribution in [0, 0.1) is 17.7 Å². The lowest BCUT2D eigenvalue weighted by atomic mass is 10.0. The Labute approximate surface area is 149 Å². The monoisotopic (exact) mass is 357 g/mol. The van der Waals surface area contributed by atoms with Crippen molar-refractivity contribution < 1.29 is 14.3 Å². The molecule has 2 fully saturated rings. The molecule has 6 nitrogen and oxygen atoms in total. The highest BCUT2D eigenvalue weighted by atomic mass is 19.1. The molecule has 1 saturated carbocycles. The van der Waals surface area contributed by atoms with Crippen molar-refractivity contribution in [2.45, 2.75) is 19.4 Å². The van der Waals surface area contributed by atoms with Gasteiger partial charge in [-0.1, -0.05) is 6.92 Å². The first-order valence-electron chi connectivity index (χ1n) is 8.70. The number of anilines is 1. The van der Waals surface area contributed by atoms with Crippen LogP contribution in [0.25, 0.3) is 11.3 Å². The second kappa shape index (κ2) is 5.95. The Kier molecular flexibility index (Phi) is 3.84. The highest BCUT2D eigenvalue weighted by Gasteiger charge is 2.53. The number of hydrogen-bond acceptors (Lipinski definition) is 4. The average Bonchev–Trinajstić information content (AvgIpc) is 3.03. The summed E-state index contributed by atoms with van der Waals surface area (Å²) in [5.74, 6) is -0.733. The molecule has 2 heterocycles. The van der Waals surface area contributed by atoms with Gasteiger partial charge in [0.15, 0.2) is 0 Å². The molecule has 1 aromatic carbocycles. The topological polar surface area (TPSA) is 99.4 Å². The molecule has 2 aliphatic rings. The minimum atomic E-state index is -1.30. The van der Waals surface area contributed by atoms with Gasteiger partial charge in [-0.25, -0.2) is 9.18 Å². The van der Waals surface area contributed by atoms with E-state index in [1.807, 2.05) is 13.0 Å². The summed E-state index contributed by atoms with van der Waals surface area (Å²) >= 11 is 0. The molecule has 136 valence electrons. The van der Waals surface area contributed by atoms with Crippen molar-refractivity contribution in [3.63, 3.8) is 0 Å². The van der Waals surface area contributed by atoms with Crippen molar-refractivity contribution in [1.29, 1.82) is 0 Å². The van der Waals surface area contributed by atoms with E-state index in [0.717, 1.165) is 18.8 Å². The Hall–Kier alpha value is -2.67. The lowest BCUT2D eigenvalue weighted by Gasteiger charge is -2.22. The molecule has 7 heteroatoms. The number of carbonyl (C=O) groups is 1. The molecule has 2 aromatic rings. The highest BCUT2D eigenvalue weighted by molar-refractivity contribution is 5.88. The molecule has 26 heavy (non-hydrogen) atoms. The van der Waals surface area contributed by atoms with E-state index in [1.54, 1.807) is 6.07 Å². The summed E-state index contributed by atoms with van der Waals surface area (Å²) in [5, 5.41) is 9.09. The molecule has 0 spiro atoms. The SMILES string of the molecule is CCc1cc(C(=O)O)c(=O)[nH]c1-c1ccc(N2C[C@@H]3[C@@H](N)[C@@H]3C2)cc1F. The van der Waals surface area contributed by atoms with Gasteiger partial charge in [-0.05, 0) is 48.1 Å². The number of fused-ring (bicyclic) bond motifs is 1. The number of aromatic carboxylic acids is 1. The number of H-pyrrole nitrogens is 1. The molecule has 0 amide bonds. The summed E-state index contributed by atoms with van der Waals surface area (Å²) in [6.07, 6.45) is 0.473. The van der Waals surface area contributed by atoms with Crippen molar-refractivity contribution >= 4 is 11.7 Å². The summed E-state index contributed by atoms with van der Waals surface area (Å²) in [7, 11) is 0. The number of halogens is 1. The zero-order chi connectivity index (χ0) is 18.6. The molecule has 1 saturated heterocycles. The summed E-state index contributed by atoms with van der Waals surface area (Å²) in [6, 6.07) is 6.53. The third-order valence-electron chi connectivity index (χ3n) is 5.58. The van der Waals surface area contributed by atoms with Gasteiger partial charge < -0.3 is 20.7 Å². The number of nitrogens with zero attached hydrogens (tertiary/aromatic N) is 1. The van der Waals surface area contributed by atoms with Crippen molar-refractivity contribution in [2.75, 3.05) is 18.0 Å². The average molecular weight is 357 g/mol. The lowest BCUT2D eigenvalue weighted by Crippen LogP contribution is -2.28. The third-order valence-corrected chi connectivity index (χ3v) is 5.58. The van der Waals surface area contributed by atoms with Crippen LogP contribution in [0.5, 0.6) is 0 Å². The van der Waals surface area contributed by atoms with Gasteiger partial charge in [-0.15, -0.1) is 0 Å². The predicted molar refractivity (Wildman–Crippen MR) is 96.0 cm³/mol. The van der Waals surface area contributed by atoms with Crippen molar-refractivity contribution in [3.8, 4) is 11.3 Å². The summed E-state index contributed by atoms with van der Waals surface area (Å²) in [4.78, 5) is 27.8. The first kappa shape index (κ1) is 16.8. The first-order valence-corrected chi connectivity index (χ1v) is 8.70. The van der Waals surface area contributed by atoms with Crippen LogP contribution in [-0.4, -0.2) is 35.2 Å². The molecular formula is C19H20FN3O3. The number of hydrogen-bond donors (Lipinski definition) is 3. The van der Waals surface area contributed by atoms with Gasteiger partial charge in [-0.3, -0.25) is 4.79 Å². The number of nitrogens with two attached hydrogens (primary N) is 1. The zero-order valence-electron chi connectivity index (χ0n) is 14.3. The molecule has 1 aliphatic heterocycles. The quantitative estimate of drug-likeness (QED) is 0.775. The van der Waals surface area contributed by atoms with E-state index in [-0.39, 0.29) is 17.2 Å². The van der Waals surface area contributed by atoms with E-state index in [9.17, 15) is 14.0 Å². The Bertz CT molecular complexity index is 944. The number of pyridine rings is 1. The lowest BCUT2D eigenvalue weighted by molar-refractivity contribution is 0.0695. The van der Waals surface area contributed by atoms with Crippen LogP contribution in [0.3, 0.4) is 0 Å². The highest BCUT2D eigenvalue weighted by Crippen LogP contribution is 2.45. The number of aromatic nitrogens is 1. The summed E-state index contributed by atoms with van der Waals surface area (Å²) < 4.78 is 14.8. The summed E-state index contributed by atoms with van der Waals surface area (Å²) in [6.45, 7) is 3.51. The fraction of sp³-hybridized carbons (Fsp3) is 0.368. The van der Waals surface area contributed by atoms with Gasteiger partial charge in [0.25, 0.3) is 5.56 Å². The van der Waals surface area contributed by atoms with E-state index in [0.29, 0.717) is 29.5 Å². The molecule has 4 N–H and O–H groups in total. The minimum Gasteiger partial charge on any atom is -0.477 e. The Morgan fingerprint density at radius 2 is 2.04 bits per heavy atom. The fourth-order valence-corrected chi connectivity index (χ4v) is 3.94. The van der Waals surface area contributed by atoms with E-state index in [2.05, 4.69) is 9.88 Å². The van der Waals surface area contributed by atoms with Crippen LogP contribution in [0.2, 0.25) is 0 Å². The van der Waals surface area contributed by atoms with Crippen LogP contribution in [-0.2, 0) is 6.42 Å². The van der Waals surface area contributed by atoms with E-state index in [4.69, 9.17) is 10.8 Å². The number of piperidine rings is 1. The van der Waals surface area contributed by atoms with Crippen LogP contribution in [0.15, 0.2) is 29.1 Å². The number of rotatable bonds is 4. The van der Waals surface area contributed by atoms with E-state index in [1.165, 1.54) is 12.1 Å². The van der Waals surface area contributed by atoms with Gasteiger partial charge in [0, 0.05) is 30.4 Å². The van der Waals surface area contributed by atoms with Crippen molar-refractivity contribution in [3.05, 3.63) is 51.6 Å². The van der Waals surface area contributed by atoms with Gasteiger partial charge >= 0.3 is 5.97 Å². The number of aromatic amines is 1. The Morgan fingerprint density at radius 1 is 1.35 bits per heavy atom. The van der Waals surface area contributed by atoms with Crippen molar-refractivity contribution in [2.24, 2.45) is 17.6 Å². The third kappa shape index (κ3) is 2.59. The maximum absolute atomic E-state index is 14.8. The number of carboxylic acids is 1. The van der Waals surface area contributed by atoms with Crippen LogP contribution >= 0.6 is 0 Å². The molecule has 0 bridgehead atoms. The number of nitrogens with one attached hydrogen (secondary N) is 1. The molecule has 3 atom stereocenters. The molecule has 1 aliphatic carbocycles. The fourth-order valence-electron chi connectivity index (χ4n) is 3.94. The largest absolute Gasteiger partial charge is 0.477 e. The Balaban J connectivity index is 1.69. The van der Waals surface area contributed by atoms with Crippen molar-refractivity contribution in [1.82, 2.24) is 4.98 Å². The predicted octanol–water partition coefficient (Wildman–Crippen LogP) is 1.83. The number of benzene rings is 1. The molecule has 1 aromatic heterocycles. The maximum atomic E-state index is 14.8. The van der Waals surface area contributed by atoms with Crippen LogP contribution < -0.4 is 16.2 Å². The second-order valence-corrected chi connectivity index (χ2v) is 7.05. The molecular weight excluding hydrogens is 337 g/mol. The van der Waals surface area contributed by atoms with Gasteiger partial charge in [0.2, 0.25) is 0 Å². The van der Waals surface area contributed by atoms with E-state index < -0.39 is 17.3 Å². The molecule has 4 rings (SSSR count). The van der Waals surface area contributed by atoms with Crippen LogP contribution in [0.4, 0.5) is 10.1 Å². The second-order valence-electron chi connectivity index (χ2n) is 7.05. The molecule has 0 radical (unpaired) electrons. The van der Waals surface area contributed by atoms with Gasteiger partial charge in [-0.2, -0.15) is 0 Å². The normalized spacial score (nSPS) is 23.8. The maximum Gasteiger partial charge on any atom is 0.341 e. The minimum absolute atomic E-state index is 0.265. The zero-order valence-corrected chi connectivity index (χ0v) is 14.3. The number of carboxylic acid groups (broad SMARTS) is 1. The Morgan fingerprint density at radius 3 is 2.62 bits per heavy atom. The number of aryl methyl sites for hydroxylation is 1.